The monoisotopic (exact) mass is 196 g/mol. The summed E-state index contributed by atoms with van der Waals surface area (Å²) in [6, 6.07) is 0. The molecule has 0 amide bonds. The average Bonchev–Trinajstić information content (AvgIpc) is 2.48. The van der Waals surface area contributed by atoms with E-state index in [1.54, 1.807) is 6.33 Å². The smallest absolute Gasteiger partial charge is 0.140 e. The van der Waals surface area contributed by atoms with Gasteiger partial charge in [-0.2, -0.15) is 5.10 Å². The zero-order valence-electron chi connectivity index (χ0n) is 8.64. The number of aromatic nitrogens is 3. The summed E-state index contributed by atoms with van der Waals surface area (Å²) in [6.07, 6.45) is 1.58. The number of hydrogen-bond donors (Lipinski definition) is 1. The van der Waals surface area contributed by atoms with E-state index < -0.39 is 5.60 Å². The Balaban J connectivity index is 1.93. The lowest BCUT2D eigenvalue weighted by Gasteiger charge is -2.43. The molecular weight excluding hydrogens is 180 g/mol. The van der Waals surface area contributed by atoms with Crippen molar-refractivity contribution in [1.29, 1.82) is 0 Å². The first kappa shape index (κ1) is 9.61. The molecule has 1 aromatic heterocycles. The molecule has 1 N–H and O–H groups in total. The quantitative estimate of drug-likeness (QED) is 0.731. The Hall–Kier alpha value is -0.940. The third-order valence-electron chi connectivity index (χ3n) is 2.49. The number of aryl methyl sites for hydroxylation is 1. The summed E-state index contributed by atoms with van der Waals surface area (Å²) in [6.45, 7) is 6.98. The number of rotatable bonds is 3. The van der Waals surface area contributed by atoms with Crippen LogP contribution in [0.3, 0.4) is 0 Å². The molecule has 1 fully saturated rings. The lowest BCUT2D eigenvalue weighted by atomic mass is 9.97. The van der Waals surface area contributed by atoms with Crippen LogP contribution in [0.25, 0.3) is 0 Å². The second kappa shape index (κ2) is 3.33. The van der Waals surface area contributed by atoms with Gasteiger partial charge in [0.15, 0.2) is 0 Å². The number of hydrogen-bond acceptors (Lipinski definition) is 4. The van der Waals surface area contributed by atoms with Crippen molar-refractivity contribution in [2.45, 2.75) is 32.5 Å². The molecule has 0 atom stereocenters. The normalized spacial score (nSPS) is 20.8. The van der Waals surface area contributed by atoms with E-state index in [2.05, 4.69) is 15.0 Å². The third kappa shape index (κ3) is 1.78. The molecule has 0 bridgehead atoms. The predicted molar refractivity (Wildman–Crippen MR) is 51.6 cm³/mol. The average molecular weight is 196 g/mol. The zero-order chi connectivity index (χ0) is 10.2. The molecule has 0 unspecified atom stereocenters. The van der Waals surface area contributed by atoms with Crippen molar-refractivity contribution < 1.29 is 5.11 Å². The molecule has 0 aliphatic carbocycles. The summed E-state index contributed by atoms with van der Waals surface area (Å²) in [5.41, 5.74) is -0.503. The van der Waals surface area contributed by atoms with Crippen molar-refractivity contribution in [3.8, 4) is 0 Å². The van der Waals surface area contributed by atoms with E-state index in [4.69, 9.17) is 0 Å². The summed E-state index contributed by atoms with van der Waals surface area (Å²) < 4.78 is 1.88. The maximum absolute atomic E-state index is 9.55. The highest BCUT2D eigenvalue weighted by Gasteiger charge is 2.36. The maximum Gasteiger partial charge on any atom is 0.140 e. The summed E-state index contributed by atoms with van der Waals surface area (Å²) in [4.78, 5) is 6.35. The standard InChI is InChI=1S/C9H16N4O/c1-3-13-8(10-7-11-13)4-12-5-9(2,14)6-12/h7,14H,3-6H2,1-2H3. The first-order valence-electron chi connectivity index (χ1n) is 4.92. The van der Waals surface area contributed by atoms with Crippen molar-refractivity contribution >= 4 is 0 Å². The van der Waals surface area contributed by atoms with Gasteiger partial charge >= 0.3 is 0 Å². The van der Waals surface area contributed by atoms with Crippen LogP contribution >= 0.6 is 0 Å². The fraction of sp³-hybridized carbons (Fsp3) is 0.778. The van der Waals surface area contributed by atoms with Gasteiger partial charge in [0, 0.05) is 19.6 Å². The van der Waals surface area contributed by atoms with Gasteiger partial charge in [0.1, 0.15) is 12.2 Å². The SMILES string of the molecule is CCn1ncnc1CN1CC(C)(O)C1. The van der Waals surface area contributed by atoms with Crippen molar-refractivity contribution in [1.82, 2.24) is 19.7 Å². The second-order valence-corrected chi connectivity index (χ2v) is 4.13. The first-order valence-corrected chi connectivity index (χ1v) is 4.92. The predicted octanol–water partition coefficient (Wildman–Crippen LogP) is -0.135. The molecule has 1 aliphatic heterocycles. The minimum absolute atomic E-state index is 0.503. The van der Waals surface area contributed by atoms with E-state index in [0.717, 1.165) is 32.0 Å². The van der Waals surface area contributed by atoms with Crippen LogP contribution in [0.2, 0.25) is 0 Å². The number of aliphatic hydroxyl groups is 1. The lowest BCUT2D eigenvalue weighted by Crippen LogP contribution is -2.59. The van der Waals surface area contributed by atoms with Crippen molar-refractivity contribution in [2.24, 2.45) is 0 Å². The van der Waals surface area contributed by atoms with Gasteiger partial charge in [0.25, 0.3) is 0 Å². The fourth-order valence-electron chi connectivity index (χ4n) is 1.90. The molecule has 1 aromatic rings. The van der Waals surface area contributed by atoms with Crippen LogP contribution in [0.15, 0.2) is 6.33 Å². The molecular formula is C9H16N4O. The Morgan fingerprint density at radius 1 is 1.57 bits per heavy atom. The van der Waals surface area contributed by atoms with E-state index in [1.807, 2.05) is 18.5 Å². The van der Waals surface area contributed by atoms with Crippen LogP contribution in [0.4, 0.5) is 0 Å². The van der Waals surface area contributed by atoms with Crippen LogP contribution in [0.5, 0.6) is 0 Å². The van der Waals surface area contributed by atoms with E-state index >= 15 is 0 Å². The summed E-state index contributed by atoms with van der Waals surface area (Å²) in [7, 11) is 0. The highest BCUT2D eigenvalue weighted by atomic mass is 16.3. The molecule has 0 saturated carbocycles. The van der Waals surface area contributed by atoms with Crippen molar-refractivity contribution in [3.63, 3.8) is 0 Å². The Morgan fingerprint density at radius 2 is 2.29 bits per heavy atom. The molecule has 0 aromatic carbocycles. The molecule has 78 valence electrons. The van der Waals surface area contributed by atoms with Gasteiger partial charge in [-0.15, -0.1) is 0 Å². The molecule has 2 rings (SSSR count). The fourth-order valence-corrected chi connectivity index (χ4v) is 1.90. The van der Waals surface area contributed by atoms with Crippen LogP contribution in [0, 0.1) is 0 Å². The molecule has 0 radical (unpaired) electrons. The lowest BCUT2D eigenvalue weighted by molar-refractivity contribution is -0.0884. The Labute approximate surface area is 83.4 Å². The van der Waals surface area contributed by atoms with Crippen LogP contribution < -0.4 is 0 Å². The van der Waals surface area contributed by atoms with E-state index in [1.165, 1.54) is 0 Å². The van der Waals surface area contributed by atoms with Gasteiger partial charge in [-0.1, -0.05) is 0 Å². The molecule has 2 heterocycles. The molecule has 14 heavy (non-hydrogen) atoms. The topological polar surface area (TPSA) is 54.2 Å². The Bertz CT molecular complexity index is 312. The van der Waals surface area contributed by atoms with Crippen LogP contribution in [-0.4, -0.2) is 43.5 Å². The summed E-state index contributed by atoms with van der Waals surface area (Å²) in [5, 5.41) is 13.7. The van der Waals surface area contributed by atoms with Gasteiger partial charge in [0.05, 0.1) is 12.1 Å². The minimum atomic E-state index is -0.503. The molecule has 5 nitrogen and oxygen atoms in total. The van der Waals surface area contributed by atoms with Crippen LogP contribution in [-0.2, 0) is 13.1 Å². The Kier molecular flexibility index (Phi) is 2.28. The summed E-state index contributed by atoms with van der Waals surface area (Å²) >= 11 is 0. The third-order valence-corrected chi connectivity index (χ3v) is 2.49. The largest absolute Gasteiger partial charge is 0.388 e. The molecule has 0 spiro atoms. The minimum Gasteiger partial charge on any atom is -0.388 e. The molecule has 5 heteroatoms. The second-order valence-electron chi connectivity index (χ2n) is 4.13. The van der Waals surface area contributed by atoms with Gasteiger partial charge < -0.3 is 5.11 Å². The van der Waals surface area contributed by atoms with Crippen molar-refractivity contribution in [2.75, 3.05) is 13.1 Å². The number of β-amino-alcohol motifs (C(OH)–C–C–N with tert-alkyl or cyclic N) is 1. The highest BCUT2D eigenvalue weighted by Crippen LogP contribution is 2.21. The van der Waals surface area contributed by atoms with Gasteiger partial charge in [-0.25, -0.2) is 9.67 Å². The number of likely N-dealkylation sites (tertiary alicyclic amines) is 1. The van der Waals surface area contributed by atoms with Gasteiger partial charge in [-0.3, -0.25) is 4.90 Å². The molecule has 1 aliphatic rings. The highest BCUT2D eigenvalue weighted by molar-refractivity contribution is 4.95. The van der Waals surface area contributed by atoms with Crippen LogP contribution in [0.1, 0.15) is 19.7 Å². The van der Waals surface area contributed by atoms with E-state index in [-0.39, 0.29) is 0 Å². The van der Waals surface area contributed by atoms with Crippen molar-refractivity contribution in [3.05, 3.63) is 12.2 Å². The molecule has 1 saturated heterocycles. The zero-order valence-corrected chi connectivity index (χ0v) is 8.64. The number of nitrogens with zero attached hydrogens (tertiary/aromatic N) is 4. The first-order chi connectivity index (χ1) is 6.61. The van der Waals surface area contributed by atoms with Gasteiger partial charge in [0.2, 0.25) is 0 Å². The van der Waals surface area contributed by atoms with E-state index in [0.29, 0.717) is 0 Å². The van der Waals surface area contributed by atoms with Gasteiger partial charge in [-0.05, 0) is 13.8 Å². The van der Waals surface area contributed by atoms with E-state index in [9.17, 15) is 5.11 Å². The maximum atomic E-state index is 9.55. The Morgan fingerprint density at radius 3 is 2.86 bits per heavy atom. The summed E-state index contributed by atoms with van der Waals surface area (Å²) in [5.74, 6) is 0.975.